The van der Waals surface area contributed by atoms with Gasteiger partial charge in [0.15, 0.2) is 0 Å². The molecule has 0 aliphatic heterocycles. The van der Waals surface area contributed by atoms with Crippen molar-refractivity contribution in [3.05, 3.63) is 30.1 Å². The lowest BCUT2D eigenvalue weighted by Crippen LogP contribution is -2.36. The van der Waals surface area contributed by atoms with Crippen molar-refractivity contribution in [3.63, 3.8) is 0 Å². The Labute approximate surface area is 83.1 Å². The predicted octanol–water partition coefficient (Wildman–Crippen LogP) is 0.819. The number of carbonyl (C=O) groups excluding carboxylic acids is 1. The number of ether oxygens (including phenoxy) is 1. The lowest BCUT2D eigenvalue weighted by atomic mass is 9.94. The highest BCUT2D eigenvalue weighted by Crippen LogP contribution is 2.19. The topological polar surface area (TPSA) is 65.2 Å². The van der Waals surface area contributed by atoms with E-state index in [1.165, 1.54) is 7.11 Å². The van der Waals surface area contributed by atoms with Gasteiger partial charge in [-0.25, -0.2) is 0 Å². The van der Waals surface area contributed by atoms with Crippen molar-refractivity contribution in [3.8, 4) is 0 Å². The summed E-state index contributed by atoms with van der Waals surface area (Å²) in [6.07, 6.45) is 1.78. The van der Waals surface area contributed by atoms with Crippen molar-refractivity contribution >= 4 is 5.97 Å². The molecule has 0 spiro atoms. The molecule has 1 aromatic rings. The second-order valence-corrected chi connectivity index (χ2v) is 3.39. The maximum Gasteiger partial charge on any atom is 0.307 e. The average molecular weight is 194 g/mol. The van der Waals surface area contributed by atoms with Gasteiger partial charge in [-0.2, -0.15) is 0 Å². The van der Waals surface area contributed by atoms with Crippen LogP contribution in [0.15, 0.2) is 24.4 Å². The number of hydrogen-bond acceptors (Lipinski definition) is 4. The molecule has 1 heterocycles. The monoisotopic (exact) mass is 194 g/mol. The average Bonchev–Trinajstić information content (AvgIpc) is 2.18. The van der Waals surface area contributed by atoms with Gasteiger partial charge in [0.05, 0.1) is 24.8 Å². The van der Waals surface area contributed by atoms with Gasteiger partial charge in [0.2, 0.25) is 0 Å². The molecule has 0 amide bonds. The van der Waals surface area contributed by atoms with E-state index in [-0.39, 0.29) is 12.4 Å². The first-order chi connectivity index (χ1) is 6.56. The number of nitrogens with two attached hydrogens (primary N) is 1. The van der Waals surface area contributed by atoms with Crippen LogP contribution < -0.4 is 5.73 Å². The number of esters is 1. The summed E-state index contributed by atoms with van der Waals surface area (Å²) in [7, 11) is 1.34. The minimum atomic E-state index is -0.769. The Morgan fingerprint density at radius 2 is 2.36 bits per heavy atom. The highest BCUT2D eigenvalue weighted by atomic mass is 16.5. The van der Waals surface area contributed by atoms with Crippen molar-refractivity contribution in [2.45, 2.75) is 18.9 Å². The van der Waals surface area contributed by atoms with Crippen LogP contribution in [0.5, 0.6) is 0 Å². The zero-order chi connectivity index (χ0) is 10.6. The minimum absolute atomic E-state index is 0.126. The zero-order valence-corrected chi connectivity index (χ0v) is 8.36. The lowest BCUT2D eigenvalue weighted by molar-refractivity contribution is -0.142. The van der Waals surface area contributed by atoms with Crippen LogP contribution >= 0.6 is 0 Å². The van der Waals surface area contributed by atoms with Crippen LogP contribution in [0, 0.1) is 0 Å². The van der Waals surface area contributed by atoms with Gasteiger partial charge in [-0.15, -0.1) is 0 Å². The first-order valence-corrected chi connectivity index (χ1v) is 4.33. The highest BCUT2D eigenvalue weighted by Gasteiger charge is 2.26. The number of rotatable bonds is 3. The van der Waals surface area contributed by atoms with E-state index in [0.29, 0.717) is 5.69 Å². The van der Waals surface area contributed by atoms with Crippen molar-refractivity contribution in [2.75, 3.05) is 7.11 Å². The Hall–Kier alpha value is -1.42. The first-order valence-electron chi connectivity index (χ1n) is 4.33. The van der Waals surface area contributed by atoms with E-state index >= 15 is 0 Å². The molecule has 0 fully saturated rings. The van der Waals surface area contributed by atoms with E-state index in [1.54, 1.807) is 25.3 Å². The number of pyridine rings is 1. The summed E-state index contributed by atoms with van der Waals surface area (Å²) >= 11 is 0. The largest absolute Gasteiger partial charge is 0.469 e. The second kappa shape index (κ2) is 4.19. The van der Waals surface area contributed by atoms with Crippen LogP contribution in [0.1, 0.15) is 19.0 Å². The second-order valence-electron chi connectivity index (χ2n) is 3.39. The third-order valence-corrected chi connectivity index (χ3v) is 1.99. The molecule has 0 radical (unpaired) electrons. The molecule has 0 aliphatic rings. The molecule has 1 atom stereocenters. The molecule has 1 aromatic heterocycles. The quantitative estimate of drug-likeness (QED) is 0.723. The van der Waals surface area contributed by atoms with Crippen LogP contribution in [0.2, 0.25) is 0 Å². The number of methoxy groups -OCH3 is 1. The van der Waals surface area contributed by atoms with Crippen molar-refractivity contribution in [2.24, 2.45) is 5.73 Å². The summed E-state index contributed by atoms with van der Waals surface area (Å²) in [5.74, 6) is -0.333. The summed E-state index contributed by atoms with van der Waals surface area (Å²) in [4.78, 5) is 15.2. The Morgan fingerprint density at radius 3 is 2.86 bits per heavy atom. The van der Waals surface area contributed by atoms with Crippen LogP contribution in [-0.4, -0.2) is 18.1 Å². The standard InChI is InChI=1S/C10H14N2O2/c1-10(11,7-9(13)14-2)8-5-3-4-6-12-8/h3-6H,7,11H2,1-2H3. The summed E-state index contributed by atoms with van der Waals surface area (Å²) in [6, 6.07) is 5.44. The molecular formula is C10H14N2O2. The molecule has 4 heteroatoms. The lowest BCUT2D eigenvalue weighted by Gasteiger charge is -2.22. The molecule has 1 unspecified atom stereocenters. The maximum absolute atomic E-state index is 11.1. The molecule has 0 aliphatic carbocycles. The first kappa shape index (κ1) is 10.7. The van der Waals surface area contributed by atoms with Gasteiger partial charge in [-0.1, -0.05) is 6.07 Å². The molecule has 0 saturated carbocycles. The Bertz CT molecular complexity index is 309. The van der Waals surface area contributed by atoms with E-state index in [1.807, 2.05) is 6.07 Å². The molecule has 2 N–H and O–H groups in total. The van der Waals surface area contributed by atoms with Gasteiger partial charge in [-0.05, 0) is 19.1 Å². The molecule has 14 heavy (non-hydrogen) atoms. The molecule has 0 saturated heterocycles. The van der Waals surface area contributed by atoms with Gasteiger partial charge in [0, 0.05) is 6.20 Å². The molecule has 0 aromatic carbocycles. The van der Waals surface area contributed by atoms with Crippen molar-refractivity contribution in [1.82, 2.24) is 4.98 Å². The summed E-state index contributed by atoms with van der Waals surface area (Å²) in [6.45, 7) is 1.76. The summed E-state index contributed by atoms with van der Waals surface area (Å²) in [5, 5.41) is 0. The fourth-order valence-corrected chi connectivity index (χ4v) is 1.16. The van der Waals surface area contributed by atoms with Gasteiger partial charge in [-0.3, -0.25) is 9.78 Å². The van der Waals surface area contributed by atoms with Crippen molar-refractivity contribution in [1.29, 1.82) is 0 Å². The van der Waals surface area contributed by atoms with E-state index in [0.717, 1.165) is 0 Å². The smallest absolute Gasteiger partial charge is 0.307 e. The maximum atomic E-state index is 11.1. The Balaban J connectivity index is 2.80. The third kappa shape index (κ3) is 2.53. The molecule has 0 bridgehead atoms. The van der Waals surface area contributed by atoms with Crippen LogP contribution in [0.3, 0.4) is 0 Å². The molecule has 76 valence electrons. The van der Waals surface area contributed by atoms with Crippen LogP contribution in [-0.2, 0) is 15.1 Å². The van der Waals surface area contributed by atoms with Gasteiger partial charge in [0.25, 0.3) is 0 Å². The fraction of sp³-hybridized carbons (Fsp3) is 0.400. The number of nitrogens with zero attached hydrogens (tertiary/aromatic N) is 1. The fourth-order valence-electron chi connectivity index (χ4n) is 1.16. The third-order valence-electron chi connectivity index (χ3n) is 1.99. The van der Waals surface area contributed by atoms with E-state index < -0.39 is 5.54 Å². The predicted molar refractivity (Wildman–Crippen MR) is 52.4 cm³/mol. The number of carbonyl (C=O) groups is 1. The van der Waals surface area contributed by atoms with Gasteiger partial charge >= 0.3 is 5.97 Å². The normalized spacial score (nSPS) is 14.5. The minimum Gasteiger partial charge on any atom is -0.469 e. The molecule has 1 rings (SSSR count). The zero-order valence-electron chi connectivity index (χ0n) is 8.36. The molecular weight excluding hydrogens is 180 g/mol. The van der Waals surface area contributed by atoms with Crippen molar-refractivity contribution < 1.29 is 9.53 Å². The SMILES string of the molecule is COC(=O)CC(C)(N)c1ccccn1. The Morgan fingerprint density at radius 1 is 1.64 bits per heavy atom. The van der Waals surface area contributed by atoms with Gasteiger partial charge in [0.1, 0.15) is 0 Å². The number of aromatic nitrogens is 1. The number of hydrogen-bond donors (Lipinski definition) is 1. The van der Waals surface area contributed by atoms with E-state index in [2.05, 4.69) is 9.72 Å². The van der Waals surface area contributed by atoms with Crippen LogP contribution in [0.25, 0.3) is 0 Å². The molecule has 4 nitrogen and oxygen atoms in total. The Kier molecular flexibility index (Phi) is 3.19. The van der Waals surface area contributed by atoms with E-state index in [4.69, 9.17) is 5.73 Å². The van der Waals surface area contributed by atoms with Gasteiger partial charge < -0.3 is 10.5 Å². The summed E-state index contributed by atoms with van der Waals surface area (Å²) in [5.41, 5.74) is 5.87. The van der Waals surface area contributed by atoms with Crippen LogP contribution in [0.4, 0.5) is 0 Å². The van der Waals surface area contributed by atoms with E-state index in [9.17, 15) is 4.79 Å². The summed E-state index contributed by atoms with van der Waals surface area (Å²) < 4.78 is 4.56. The highest BCUT2D eigenvalue weighted by molar-refractivity contribution is 5.70.